The Balaban J connectivity index is 4.39. The van der Waals surface area contributed by atoms with Crippen molar-refractivity contribution in [1.82, 2.24) is 16.0 Å². The number of rotatable bonds is 11. The molecule has 122 valence electrons. The molecule has 3 N–H and O–H groups in total. The van der Waals surface area contributed by atoms with Gasteiger partial charge in [0.05, 0.1) is 0 Å². The van der Waals surface area contributed by atoms with Gasteiger partial charge < -0.3 is 16.0 Å². The van der Waals surface area contributed by atoms with E-state index in [1.54, 1.807) is 0 Å². The minimum absolute atomic E-state index is 0.0881. The first-order valence-electron chi connectivity index (χ1n) is 7.88. The Hall–Kier alpha value is -1.59. The van der Waals surface area contributed by atoms with Crippen molar-refractivity contribution in [1.29, 1.82) is 0 Å². The predicted molar refractivity (Wildman–Crippen MR) is 82.7 cm³/mol. The monoisotopic (exact) mass is 299 g/mol. The first kappa shape index (κ1) is 19.4. The van der Waals surface area contributed by atoms with Crippen LogP contribution < -0.4 is 16.0 Å². The molecule has 6 heteroatoms. The zero-order chi connectivity index (χ0) is 16.1. The van der Waals surface area contributed by atoms with Crippen molar-refractivity contribution in [3.8, 4) is 0 Å². The average molecular weight is 299 g/mol. The largest absolute Gasteiger partial charge is 0.356 e. The quantitative estimate of drug-likeness (QED) is 0.534. The molecule has 0 spiro atoms. The summed E-state index contributed by atoms with van der Waals surface area (Å²) in [6.45, 7) is 7.05. The lowest BCUT2D eigenvalue weighted by Crippen LogP contribution is -2.47. The molecular weight excluding hydrogens is 270 g/mol. The molecule has 0 saturated heterocycles. The van der Waals surface area contributed by atoms with Crippen LogP contribution >= 0.6 is 0 Å². The third-order valence-corrected chi connectivity index (χ3v) is 2.91. The van der Waals surface area contributed by atoms with Gasteiger partial charge in [-0.25, -0.2) is 0 Å². The Labute approximate surface area is 127 Å². The number of carbonyl (C=O) groups excluding carboxylic acids is 3. The fourth-order valence-electron chi connectivity index (χ4n) is 1.76. The summed E-state index contributed by atoms with van der Waals surface area (Å²) in [5.41, 5.74) is 0. The first-order valence-corrected chi connectivity index (χ1v) is 7.88. The molecule has 0 rings (SSSR count). The van der Waals surface area contributed by atoms with Gasteiger partial charge in [0.1, 0.15) is 6.04 Å². The van der Waals surface area contributed by atoms with E-state index in [0.29, 0.717) is 25.9 Å². The van der Waals surface area contributed by atoms with Crippen molar-refractivity contribution in [2.45, 2.75) is 65.3 Å². The van der Waals surface area contributed by atoms with Gasteiger partial charge in [0.25, 0.3) is 0 Å². The lowest BCUT2D eigenvalue weighted by molar-refractivity contribution is -0.129. The van der Waals surface area contributed by atoms with E-state index in [1.807, 2.05) is 20.8 Å². The molecule has 0 aromatic rings. The fourth-order valence-corrected chi connectivity index (χ4v) is 1.76. The van der Waals surface area contributed by atoms with Gasteiger partial charge in [-0.15, -0.1) is 0 Å². The molecule has 6 nitrogen and oxygen atoms in total. The van der Waals surface area contributed by atoms with Crippen LogP contribution in [-0.4, -0.2) is 36.9 Å². The summed E-state index contributed by atoms with van der Waals surface area (Å²) in [5.74, 6) is -0.456. The molecule has 0 aliphatic rings. The highest BCUT2D eigenvalue weighted by molar-refractivity contribution is 5.88. The van der Waals surface area contributed by atoms with Gasteiger partial charge in [0, 0.05) is 25.9 Å². The van der Waals surface area contributed by atoms with E-state index in [2.05, 4.69) is 16.0 Å². The van der Waals surface area contributed by atoms with Crippen LogP contribution in [0.4, 0.5) is 0 Å². The van der Waals surface area contributed by atoms with Crippen LogP contribution in [0, 0.1) is 0 Å². The molecule has 0 saturated carbocycles. The Morgan fingerprint density at radius 1 is 0.810 bits per heavy atom. The zero-order valence-corrected chi connectivity index (χ0v) is 13.5. The maximum atomic E-state index is 12.0. The number of hydrogen-bond donors (Lipinski definition) is 3. The molecule has 21 heavy (non-hydrogen) atoms. The highest BCUT2D eigenvalue weighted by atomic mass is 16.2. The SMILES string of the molecule is CCCNC(=O)CCC(NC(=O)CCC)C(=O)NCCC. The Morgan fingerprint density at radius 2 is 1.43 bits per heavy atom. The summed E-state index contributed by atoms with van der Waals surface area (Å²) in [6.07, 6.45) is 3.38. The minimum atomic E-state index is -0.636. The van der Waals surface area contributed by atoms with E-state index in [1.165, 1.54) is 0 Å². The number of amides is 3. The molecule has 1 atom stereocenters. The molecule has 0 aliphatic carbocycles. The maximum Gasteiger partial charge on any atom is 0.242 e. The maximum absolute atomic E-state index is 12.0. The van der Waals surface area contributed by atoms with Crippen molar-refractivity contribution in [3.63, 3.8) is 0 Å². The van der Waals surface area contributed by atoms with E-state index in [9.17, 15) is 14.4 Å². The van der Waals surface area contributed by atoms with Crippen molar-refractivity contribution < 1.29 is 14.4 Å². The Morgan fingerprint density at radius 3 is 2.00 bits per heavy atom. The van der Waals surface area contributed by atoms with Gasteiger partial charge in [-0.3, -0.25) is 14.4 Å². The second-order valence-corrected chi connectivity index (χ2v) is 5.05. The lowest BCUT2D eigenvalue weighted by Gasteiger charge is -2.18. The third kappa shape index (κ3) is 9.87. The van der Waals surface area contributed by atoms with Gasteiger partial charge in [0.15, 0.2) is 0 Å². The number of nitrogens with one attached hydrogen (secondary N) is 3. The van der Waals surface area contributed by atoms with Gasteiger partial charge >= 0.3 is 0 Å². The lowest BCUT2D eigenvalue weighted by atomic mass is 10.1. The molecule has 0 fully saturated rings. The van der Waals surface area contributed by atoms with E-state index in [-0.39, 0.29) is 24.1 Å². The average Bonchev–Trinajstić information content (AvgIpc) is 2.46. The highest BCUT2D eigenvalue weighted by Gasteiger charge is 2.20. The van der Waals surface area contributed by atoms with Crippen LogP contribution in [0.15, 0.2) is 0 Å². The molecule has 0 radical (unpaired) electrons. The highest BCUT2D eigenvalue weighted by Crippen LogP contribution is 2.00. The van der Waals surface area contributed by atoms with E-state index < -0.39 is 6.04 Å². The summed E-state index contributed by atoms with van der Waals surface area (Å²) in [5, 5.41) is 8.23. The molecule has 0 aromatic heterocycles. The molecular formula is C15H29N3O3. The smallest absolute Gasteiger partial charge is 0.242 e. The number of carbonyl (C=O) groups is 3. The van der Waals surface area contributed by atoms with Gasteiger partial charge in [-0.2, -0.15) is 0 Å². The summed E-state index contributed by atoms with van der Waals surface area (Å²) < 4.78 is 0. The fraction of sp³-hybridized carbons (Fsp3) is 0.800. The molecule has 0 bridgehead atoms. The molecule has 1 unspecified atom stereocenters. The van der Waals surface area contributed by atoms with Gasteiger partial charge in [-0.05, 0) is 25.7 Å². The summed E-state index contributed by atoms with van der Waals surface area (Å²) >= 11 is 0. The van der Waals surface area contributed by atoms with Crippen molar-refractivity contribution in [3.05, 3.63) is 0 Å². The van der Waals surface area contributed by atoms with Crippen LogP contribution in [0.2, 0.25) is 0 Å². The van der Waals surface area contributed by atoms with Crippen LogP contribution in [0.3, 0.4) is 0 Å². The minimum Gasteiger partial charge on any atom is -0.356 e. The van der Waals surface area contributed by atoms with Gasteiger partial charge in [0.2, 0.25) is 17.7 Å². The zero-order valence-electron chi connectivity index (χ0n) is 13.5. The Kier molecular flexibility index (Phi) is 11.3. The van der Waals surface area contributed by atoms with Crippen molar-refractivity contribution in [2.75, 3.05) is 13.1 Å². The van der Waals surface area contributed by atoms with Crippen LogP contribution in [0.1, 0.15) is 59.3 Å². The molecule has 0 aliphatic heterocycles. The molecule has 3 amide bonds. The van der Waals surface area contributed by atoms with Crippen LogP contribution in [0.5, 0.6) is 0 Å². The molecule has 0 heterocycles. The standard InChI is InChI=1S/C15H29N3O3/c1-4-7-14(20)18-12(15(21)17-11-6-3)8-9-13(19)16-10-5-2/h12H,4-11H2,1-3H3,(H,16,19)(H,17,21)(H,18,20). The normalized spacial score (nSPS) is 11.6. The summed E-state index contributed by atoms with van der Waals surface area (Å²) in [7, 11) is 0. The Bertz CT molecular complexity index is 332. The van der Waals surface area contributed by atoms with E-state index in [4.69, 9.17) is 0 Å². The van der Waals surface area contributed by atoms with Crippen molar-refractivity contribution >= 4 is 17.7 Å². The topological polar surface area (TPSA) is 87.3 Å². The third-order valence-electron chi connectivity index (χ3n) is 2.91. The van der Waals surface area contributed by atoms with Crippen LogP contribution in [0.25, 0.3) is 0 Å². The van der Waals surface area contributed by atoms with E-state index >= 15 is 0 Å². The summed E-state index contributed by atoms with van der Waals surface area (Å²) in [6, 6.07) is -0.636. The van der Waals surface area contributed by atoms with E-state index in [0.717, 1.165) is 19.3 Å². The second-order valence-electron chi connectivity index (χ2n) is 5.05. The van der Waals surface area contributed by atoms with Gasteiger partial charge in [-0.1, -0.05) is 20.8 Å². The second kappa shape index (κ2) is 12.2. The van der Waals surface area contributed by atoms with Crippen molar-refractivity contribution in [2.24, 2.45) is 0 Å². The van der Waals surface area contributed by atoms with Crippen LogP contribution in [-0.2, 0) is 14.4 Å². The molecule has 0 aromatic carbocycles. The predicted octanol–water partition coefficient (Wildman–Crippen LogP) is 1.10. The number of hydrogen-bond acceptors (Lipinski definition) is 3. The summed E-state index contributed by atoms with van der Waals surface area (Å²) in [4.78, 5) is 35.3. The first-order chi connectivity index (χ1) is 10.0.